The van der Waals surface area contributed by atoms with Crippen molar-refractivity contribution in [3.05, 3.63) is 54.0 Å². The Hall–Kier alpha value is -2.34. The van der Waals surface area contributed by atoms with E-state index in [1.54, 1.807) is 0 Å². The molecule has 4 N–H and O–H groups in total. The maximum absolute atomic E-state index is 11.5. The minimum atomic E-state index is -4.48. The summed E-state index contributed by atoms with van der Waals surface area (Å²) < 4.78 is 22.1. The third kappa shape index (κ3) is 2.82. The predicted octanol–water partition coefficient (Wildman–Crippen LogP) is 1.91. The molecule has 2 aromatic heterocycles. The third-order valence-corrected chi connectivity index (χ3v) is 4.07. The summed E-state index contributed by atoms with van der Waals surface area (Å²) in [5.74, 6) is 0.355. The van der Waals surface area contributed by atoms with Crippen molar-refractivity contribution in [2.24, 2.45) is 0 Å². The van der Waals surface area contributed by atoms with E-state index in [-0.39, 0.29) is 22.8 Å². The lowest BCUT2D eigenvalue weighted by Crippen LogP contribution is -2.05. The van der Waals surface area contributed by atoms with Crippen LogP contribution in [0.5, 0.6) is 0 Å². The van der Waals surface area contributed by atoms with Crippen LogP contribution in [0.3, 0.4) is 0 Å². The summed E-state index contributed by atoms with van der Waals surface area (Å²) in [6, 6.07) is 10.6. The molecule has 0 saturated carbocycles. The molecule has 0 fully saturated rings. The highest BCUT2D eigenvalue weighted by atomic mass is 31.2. The van der Waals surface area contributed by atoms with Crippen molar-refractivity contribution < 1.29 is 23.2 Å². The molecule has 0 unspecified atom stereocenters. The van der Waals surface area contributed by atoms with Crippen LogP contribution in [0.1, 0.15) is 11.3 Å². The minimum absolute atomic E-state index is 0.0280. The molecule has 1 aromatic carbocycles. The first kappa shape index (κ1) is 14.6. The fourth-order valence-corrected chi connectivity index (χ4v) is 2.84. The van der Waals surface area contributed by atoms with Gasteiger partial charge in [-0.25, -0.2) is 0 Å². The van der Waals surface area contributed by atoms with Gasteiger partial charge in [0.2, 0.25) is 0 Å². The molecule has 0 aliphatic carbocycles. The number of anilines is 1. The molecule has 0 saturated heterocycles. The van der Waals surface area contributed by atoms with E-state index in [0.29, 0.717) is 12.2 Å². The summed E-state index contributed by atoms with van der Waals surface area (Å²) in [6.45, 7) is 0. The second kappa shape index (κ2) is 5.46. The fraction of sp³-hybridized carbons (Fsp3) is 0.0714. The van der Waals surface area contributed by atoms with Crippen molar-refractivity contribution >= 4 is 18.9 Å². The van der Waals surface area contributed by atoms with Crippen LogP contribution in [0.2, 0.25) is 0 Å². The number of oxazole rings is 1. The van der Waals surface area contributed by atoms with Crippen LogP contribution in [-0.4, -0.2) is 14.8 Å². The summed E-state index contributed by atoms with van der Waals surface area (Å²) in [5.41, 5.74) is 6.73. The molecular formula is C14H13N2O5P. The van der Waals surface area contributed by atoms with Crippen molar-refractivity contribution in [2.75, 3.05) is 5.73 Å². The van der Waals surface area contributed by atoms with Crippen LogP contribution < -0.4 is 11.0 Å². The second-order valence-corrected chi connectivity index (χ2v) is 6.24. The maximum Gasteiger partial charge on any atom is 0.360 e. The van der Waals surface area contributed by atoms with E-state index in [2.05, 4.69) is 4.98 Å². The monoisotopic (exact) mass is 320 g/mol. The summed E-state index contributed by atoms with van der Waals surface area (Å²) in [4.78, 5) is 22.7. The van der Waals surface area contributed by atoms with E-state index >= 15 is 0 Å². The van der Waals surface area contributed by atoms with Crippen LogP contribution in [0.25, 0.3) is 11.5 Å². The van der Waals surface area contributed by atoms with Crippen molar-refractivity contribution in [3.8, 4) is 11.5 Å². The zero-order valence-electron chi connectivity index (χ0n) is 11.3. The lowest BCUT2D eigenvalue weighted by Gasteiger charge is -2.04. The molecule has 114 valence electrons. The molecule has 0 radical (unpaired) electrons. The molecule has 0 atom stereocenters. The molecule has 2 heterocycles. The van der Waals surface area contributed by atoms with Gasteiger partial charge in [0.15, 0.2) is 11.5 Å². The number of furan rings is 1. The normalized spacial score (nSPS) is 11.7. The van der Waals surface area contributed by atoms with E-state index in [0.717, 1.165) is 5.56 Å². The number of rotatable bonds is 4. The Morgan fingerprint density at radius 1 is 1.18 bits per heavy atom. The van der Waals surface area contributed by atoms with Crippen molar-refractivity contribution in [1.29, 1.82) is 0 Å². The van der Waals surface area contributed by atoms with Gasteiger partial charge >= 0.3 is 7.60 Å². The summed E-state index contributed by atoms with van der Waals surface area (Å²) in [5, 5.41) is -0.241. The molecule has 3 aromatic rings. The Morgan fingerprint density at radius 2 is 1.91 bits per heavy atom. The molecule has 0 amide bonds. The van der Waals surface area contributed by atoms with Crippen LogP contribution in [0.4, 0.5) is 6.01 Å². The Morgan fingerprint density at radius 3 is 2.59 bits per heavy atom. The van der Waals surface area contributed by atoms with Crippen LogP contribution in [0, 0.1) is 0 Å². The van der Waals surface area contributed by atoms with E-state index in [4.69, 9.17) is 14.6 Å². The molecule has 22 heavy (non-hydrogen) atoms. The largest absolute Gasteiger partial charge is 0.462 e. The first-order valence-corrected chi connectivity index (χ1v) is 7.99. The quantitative estimate of drug-likeness (QED) is 0.627. The second-order valence-electron chi connectivity index (χ2n) is 4.67. The Balaban J connectivity index is 2.06. The van der Waals surface area contributed by atoms with Gasteiger partial charge < -0.3 is 24.4 Å². The highest BCUT2D eigenvalue weighted by Crippen LogP contribution is 2.39. The minimum Gasteiger partial charge on any atom is -0.462 e. The highest BCUT2D eigenvalue weighted by Gasteiger charge is 2.29. The van der Waals surface area contributed by atoms with E-state index < -0.39 is 7.60 Å². The Bertz CT molecular complexity index is 834. The van der Waals surface area contributed by atoms with E-state index in [9.17, 15) is 14.4 Å². The van der Waals surface area contributed by atoms with Gasteiger partial charge in [0.1, 0.15) is 11.1 Å². The topological polar surface area (TPSA) is 123 Å². The highest BCUT2D eigenvalue weighted by molar-refractivity contribution is 7.60. The SMILES string of the molecule is Nc1nc(-c2occc2P(=O)(O)O)c(Cc2ccccc2)o1. The van der Waals surface area contributed by atoms with Crippen LogP contribution in [-0.2, 0) is 11.0 Å². The maximum atomic E-state index is 11.5. The number of nitrogens with two attached hydrogens (primary N) is 1. The van der Waals surface area contributed by atoms with E-state index in [1.165, 1.54) is 12.3 Å². The molecular weight excluding hydrogens is 307 g/mol. The van der Waals surface area contributed by atoms with Gasteiger partial charge in [-0.2, -0.15) is 4.98 Å². The van der Waals surface area contributed by atoms with Gasteiger partial charge in [0.05, 0.1) is 6.26 Å². The number of hydrogen-bond acceptors (Lipinski definition) is 5. The standard InChI is InChI=1S/C14H13N2O5P/c15-14-16-12(13-11(6-7-20-13)22(17,18)19)10(21-14)8-9-4-2-1-3-5-9/h1-7H,8H2,(H2,15,16)(H2,17,18,19). The number of nitrogen functional groups attached to an aromatic ring is 1. The lowest BCUT2D eigenvalue weighted by atomic mass is 10.1. The first-order valence-electron chi connectivity index (χ1n) is 6.38. The molecule has 0 aliphatic heterocycles. The van der Waals surface area contributed by atoms with Gasteiger partial charge in [-0.15, -0.1) is 0 Å². The van der Waals surface area contributed by atoms with Gasteiger partial charge in [-0.3, -0.25) is 4.57 Å². The zero-order valence-corrected chi connectivity index (χ0v) is 12.2. The first-order chi connectivity index (χ1) is 10.4. The number of hydrogen-bond donors (Lipinski definition) is 3. The fourth-order valence-electron chi connectivity index (χ4n) is 2.16. The predicted molar refractivity (Wildman–Crippen MR) is 79.5 cm³/mol. The molecule has 0 bridgehead atoms. The molecule has 8 heteroatoms. The smallest absolute Gasteiger partial charge is 0.360 e. The van der Waals surface area contributed by atoms with Gasteiger partial charge in [-0.1, -0.05) is 30.3 Å². The van der Waals surface area contributed by atoms with Crippen LogP contribution in [0.15, 0.2) is 51.5 Å². The van der Waals surface area contributed by atoms with Gasteiger partial charge in [0.25, 0.3) is 6.01 Å². The number of aromatic nitrogens is 1. The lowest BCUT2D eigenvalue weighted by molar-refractivity contribution is 0.387. The van der Waals surface area contributed by atoms with Crippen molar-refractivity contribution in [2.45, 2.75) is 6.42 Å². The molecule has 3 rings (SSSR count). The molecule has 0 aliphatic rings. The molecule has 7 nitrogen and oxygen atoms in total. The summed E-state index contributed by atoms with van der Waals surface area (Å²) in [6.07, 6.45) is 1.57. The van der Waals surface area contributed by atoms with Crippen molar-refractivity contribution in [3.63, 3.8) is 0 Å². The Labute approximate surface area is 125 Å². The van der Waals surface area contributed by atoms with E-state index in [1.807, 2.05) is 30.3 Å². The average Bonchev–Trinajstić information content (AvgIpc) is 3.06. The number of nitrogens with zero attached hydrogens (tertiary/aromatic N) is 1. The summed E-state index contributed by atoms with van der Waals surface area (Å²) in [7, 11) is -4.48. The van der Waals surface area contributed by atoms with Gasteiger partial charge in [0, 0.05) is 6.42 Å². The molecule has 0 spiro atoms. The third-order valence-electron chi connectivity index (χ3n) is 3.09. The average molecular weight is 320 g/mol. The van der Waals surface area contributed by atoms with Crippen molar-refractivity contribution in [1.82, 2.24) is 4.98 Å². The Kier molecular flexibility index (Phi) is 3.62. The summed E-state index contributed by atoms with van der Waals surface area (Å²) >= 11 is 0. The number of benzene rings is 1. The van der Waals surface area contributed by atoms with Crippen LogP contribution >= 0.6 is 7.60 Å². The van der Waals surface area contributed by atoms with Gasteiger partial charge in [-0.05, 0) is 11.6 Å². The zero-order chi connectivity index (χ0) is 15.7.